The molecule has 0 aliphatic carbocycles. The monoisotopic (exact) mass is 436 g/mol. The van der Waals surface area contributed by atoms with Gasteiger partial charge in [0.25, 0.3) is 0 Å². The number of nitrogens with zero attached hydrogens (tertiary/aromatic N) is 1. The summed E-state index contributed by atoms with van der Waals surface area (Å²) in [5, 5.41) is 4.02. The molecule has 1 amide bonds. The molecule has 0 aromatic heterocycles. The second kappa shape index (κ2) is 17.0. The molecule has 0 fully saturated rings. The van der Waals surface area contributed by atoms with Crippen molar-refractivity contribution in [2.45, 2.75) is 96.8 Å². The Labute approximate surface area is 174 Å². The van der Waals surface area contributed by atoms with Gasteiger partial charge in [-0.1, -0.05) is 112 Å². The fourth-order valence-electron chi connectivity index (χ4n) is 3.12. The van der Waals surface area contributed by atoms with Crippen LogP contribution in [0.15, 0.2) is 33.8 Å². The Morgan fingerprint density at radius 3 is 2.04 bits per heavy atom. The number of hydrogen-bond donors (Lipinski definition) is 1. The van der Waals surface area contributed by atoms with Crippen LogP contribution in [0, 0.1) is 0 Å². The van der Waals surface area contributed by atoms with Gasteiger partial charge >= 0.3 is 0 Å². The quantitative estimate of drug-likeness (QED) is 0.164. The van der Waals surface area contributed by atoms with Gasteiger partial charge in [-0.25, -0.2) is 5.43 Å². The van der Waals surface area contributed by atoms with Gasteiger partial charge in [-0.15, -0.1) is 0 Å². The standard InChI is InChI=1S/C23H37BrN2O/c1-2-3-4-5-6-7-8-9-10-11-12-13-14-18-23(27)26-25-20-21-16-15-17-22(24)19-21/h15-17,19-20H,2-14,18H2,1H3,(H,26,27)/b25-20+. The van der Waals surface area contributed by atoms with E-state index in [-0.39, 0.29) is 5.91 Å². The van der Waals surface area contributed by atoms with Crippen LogP contribution in [0.5, 0.6) is 0 Å². The number of rotatable bonds is 16. The first-order chi connectivity index (χ1) is 13.2. The van der Waals surface area contributed by atoms with Crippen LogP contribution in [0.3, 0.4) is 0 Å². The van der Waals surface area contributed by atoms with E-state index >= 15 is 0 Å². The number of unbranched alkanes of at least 4 members (excludes halogenated alkanes) is 12. The van der Waals surface area contributed by atoms with Gasteiger partial charge < -0.3 is 0 Å². The van der Waals surface area contributed by atoms with Crippen molar-refractivity contribution in [3.63, 3.8) is 0 Å². The first kappa shape index (κ1) is 23.9. The van der Waals surface area contributed by atoms with Gasteiger partial charge in [-0.3, -0.25) is 4.79 Å². The van der Waals surface area contributed by atoms with Crippen molar-refractivity contribution < 1.29 is 4.79 Å². The molecule has 0 saturated carbocycles. The van der Waals surface area contributed by atoms with Crippen molar-refractivity contribution >= 4 is 28.1 Å². The molecule has 0 spiro atoms. The summed E-state index contributed by atoms with van der Waals surface area (Å²) >= 11 is 3.42. The molecule has 1 N–H and O–H groups in total. The van der Waals surface area contributed by atoms with E-state index < -0.39 is 0 Å². The Kier molecular flexibility index (Phi) is 15.0. The summed E-state index contributed by atoms with van der Waals surface area (Å²) in [5.74, 6) is 0.00400. The third kappa shape index (κ3) is 14.6. The summed E-state index contributed by atoms with van der Waals surface area (Å²) in [5.41, 5.74) is 3.57. The fraction of sp³-hybridized carbons (Fsp3) is 0.652. The number of amides is 1. The average Bonchev–Trinajstić information content (AvgIpc) is 2.65. The lowest BCUT2D eigenvalue weighted by Crippen LogP contribution is -2.16. The lowest BCUT2D eigenvalue weighted by molar-refractivity contribution is -0.121. The first-order valence-corrected chi connectivity index (χ1v) is 11.6. The van der Waals surface area contributed by atoms with E-state index in [2.05, 4.69) is 33.4 Å². The van der Waals surface area contributed by atoms with Crippen LogP contribution in [0.1, 0.15) is 102 Å². The normalized spacial score (nSPS) is 11.2. The zero-order valence-corrected chi connectivity index (χ0v) is 18.6. The minimum atomic E-state index is 0.00400. The smallest absolute Gasteiger partial charge is 0.240 e. The zero-order chi connectivity index (χ0) is 19.6. The number of benzene rings is 1. The van der Waals surface area contributed by atoms with Gasteiger partial charge in [-0.2, -0.15) is 5.10 Å². The SMILES string of the molecule is CCCCCCCCCCCCCCCC(=O)N/N=C/c1cccc(Br)c1. The minimum absolute atomic E-state index is 0.00400. The Balaban J connectivity index is 1.88. The highest BCUT2D eigenvalue weighted by Gasteiger charge is 1.99. The molecular formula is C23H37BrN2O. The maximum Gasteiger partial charge on any atom is 0.240 e. The molecule has 152 valence electrons. The fourth-order valence-corrected chi connectivity index (χ4v) is 3.54. The van der Waals surface area contributed by atoms with Crippen LogP contribution in [0.25, 0.3) is 0 Å². The molecule has 0 bridgehead atoms. The highest BCUT2D eigenvalue weighted by atomic mass is 79.9. The van der Waals surface area contributed by atoms with Gasteiger partial charge in [0, 0.05) is 10.9 Å². The van der Waals surface area contributed by atoms with Crippen molar-refractivity contribution in [2.24, 2.45) is 5.10 Å². The average molecular weight is 437 g/mol. The molecule has 3 nitrogen and oxygen atoms in total. The number of carbonyl (C=O) groups is 1. The van der Waals surface area contributed by atoms with E-state index in [0.717, 1.165) is 22.9 Å². The molecule has 0 atom stereocenters. The molecule has 0 radical (unpaired) electrons. The first-order valence-electron chi connectivity index (χ1n) is 10.8. The summed E-state index contributed by atoms with van der Waals surface area (Å²) in [7, 11) is 0. The van der Waals surface area contributed by atoms with Gasteiger partial charge in [0.15, 0.2) is 0 Å². The number of hydrazone groups is 1. The Bertz CT molecular complexity index is 531. The van der Waals surface area contributed by atoms with E-state index in [1.54, 1.807) is 6.21 Å². The summed E-state index contributed by atoms with van der Waals surface area (Å²) in [6, 6.07) is 7.82. The Morgan fingerprint density at radius 2 is 1.48 bits per heavy atom. The zero-order valence-electron chi connectivity index (χ0n) is 17.0. The minimum Gasteiger partial charge on any atom is -0.273 e. The maximum absolute atomic E-state index is 11.8. The summed E-state index contributed by atoms with van der Waals surface area (Å²) < 4.78 is 1.00. The van der Waals surface area contributed by atoms with E-state index in [4.69, 9.17) is 0 Å². The molecule has 1 aromatic rings. The number of nitrogens with one attached hydrogen (secondary N) is 1. The molecule has 0 aliphatic rings. The van der Waals surface area contributed by atoms with Crippen molar-refractivity contribution in [3.05, 3.63) is 34.3 Å². The van der Waals surface area contributed by atoms with Crippen molar-refractivity contribution in [3.8, 4) is 0 Å². The Morgan fingerprint density at radius 1 is 0.926 bits per heavy atom. The van der Waals surface area contributed by atoms with Crippen molar-refractivity contribution in [1.82, 2.24) is 5.43 Å². The van der Waals surface area contributed by atoms with Crippen molar-refractivity contribution in [2.75, 3.05) is 0 Å². The molecule has 1 rings (SSSR count). The Hall–Kier alpha value is -1.16. The lowest BCUT2D eigenvalue weighted by Gasteiger charge is -2.03. The second-order valence-electron chi connectivity index (χ2n) is 7.34. The molecule has 27 heavy (non-hydrogen) atoms. The predicted octanol–water partition coefficient (Wildman–Crippen LogP) is 7.38. The summed E-state index contributed by atoms with van der Waals surface area (Å²) in [6.45, 7) is 2.27. The van der Waals surface area contributed by atoms with Crippen LogP contribution < -0.4 is 5.43 Å². The topological polar surface area (TPSA) is 41.5 Å². The predicted molar refractivity (Wildman–Crippen MR) is 120 cm³/mol. The largest absolute Gasteiger partial charge is 0.273 e. The lowest BCUT2D eigenvalue weighted by atomic mass is 10.0. The summed E-state index contributed by atoms with van der Waals surface area (Å²) in [4.78, 5) is 11.8. The maximum atomic E-state index is 11.8. The third-order valence-corrected chi connectivity index (χ3v) is 5.25. The molecule has 0 saturated heterocycles. The number of halogens is 1. The number of carbonyl (C=O) groups excluding carboxylic acids is 1. The third-order valence-electron chi connectivity index (χ3n) is 4.76. The molecule has 4 heteroatoms. The highest BCUT2D eigenvalue weighted by Crippen LogP contribution is 2.13. The second-order valence-corrected chi connectivity index (χ2v) is 8.26. The van der Waals surface area contributed by atoms with Crippen LogP contribution in [0.4, 0.5) is 0 Å². The van der Waals surface area contributed by atoms with Gasteiger partial charge in [0.2, 0.25) is 5.91 Å². The van der Waals surface area contributed by atoms with Crippen LogP contribution in [-0.2, 0) is 4.79 Å². The van der Waals surface area contributed by atoms with Gasteiger partial charge in [0.05, 0.1) is 6.21 Å². The molecule has 0 unspecified atom stereocenters. The van der Waals surface area contributed by atoms with Crippen LogP contribution >= 0.6 is 15.9 Å². The number of hydrogen-bond acceptors (Lipinski definition) is 2. The van der Waals surface area contributed by atoms with E-state index in [1.165, 1.54) is 70.6 Å². The van der Waals surface area contributed by atoms with Crippen molar-refractivity contribution in [1.29, 1.82) is 0 Å². The molecule has 1 aromatic carbocycles. The van der Waals surface area contributed by atoms with E-state index in [9.17, 15) is 4.79 Å². The summed E-state index contributed by atoms with van der Waals surface area (Å²) in [6.07, 6.45) is 19.4. The van der Waals surface area contributed by atoms with Gasteiger partial charge in [0.1, 0.15) is 0 Å². The molecule has 0 aliphatic heterocycles. The highest BCUT2D eigenvalue weighted by molar-refractivity contribution is 9.10. The van der Waals surface area contributed by atoms with Crippen LogP contribution in [-0.4, -0.2) is 12.1 Å². The van der Waals surface area contributed by atoms with E-state index in [0.29, 0.717) is 6.42 Å². The van der Waals surface area contributed by atoms with Gasteiger partial charge in [-0.05, 0) is 24.1 Å². The molecular weight excluding hydrogens is 400 g/mol. The van der Waals surface area contributed by atoms with Crippen LogP contribution in [0.2, 0.25) is 0 Å². The van der Waals surface area contributed by atoms with E-state index in [1.807, 2.05) is 24.3 Å². The molecule has 0 heterocycles.